The van der Waals surface area contributed by atoms with Gasteiger partial charge in [0.25, 0.3) is 0 Å². The first-order valence-corrected chi connectivity index (χ1v) is 10.7. The molecule has 0 aliphatic rings. The number of para-hydroxylation sites is 1. The molecule has 9 heteroatoms. The van der Waals surface area contributed by atoms with E-state index in [0.717, 1.165) is 23.6 Å². The van der Waals surface area contributed by atoms with Crippen LogP contribution >= 0.6 is 23.4 Å². The number of benzene rings is 2. The smallest absolute Gasteiger partial charge is 0.234 e. The molecule has 1 aromatic heterocycles. The van der Waals surface area contributed by atoms with E-state index in [1.807, 2.05) is 30.7 Å². The normalized spacial score (nSPS) is 10.8. The number of hydrogen-bond acceptors (Lipinski definition) is 5. The van der Waals surface area contributed by atoms with E-state index in [1.54, 1.807) is 18.2 Å². The zero-order valence-corrected chi connectivity index (χ0v) is 18.3. The fourth-order valence-corrected chi connectivity index (χ4v) is 3.71. The van der Waals surface area contributed by atoms with Crippen LogP contribution in [0.5, 0.6) is 5.75 Å². The van der Waals surface area contributed by atoms with Crippen molar-refractivity contribution in [1.82, 2.24) is 14.8 Å². The van der Waals surface area contributed by atoms with Crippen molar-refractivity contribution < 1.29 is 13.9 Å². The highest BCUT2D eigenvalue weighted by Crippen LogP contribution is 2.22. The van der Waals surface area contributed by atoms with Gasteiger partial charge in [-0.25, -0.2) is 4.39 Å². The zero-order valence-electron chi connectivity index (χ0n) is 16.7. The van der Waals surface area contributed by atoms with Gasteiger partial charge in [0.2, 0.25) is 5.91 Å². The third kappa shape index (κ3) is 5.96. The second-order valence-corrected chi connectivity index (χ2v) is 8.02. The number of halogens is 2. The summed E-state index contributed by atoms with van der Waals surface area (Å²) in [6.45, 7) is 2.50. The van der Waals surface area contributed by atoms with Crippen LogP contribution in [0.15, 0.2) is 47.6 Å². The Bertz CT molecular complexity index is 1030. The Labute approximate surface area is 183 Å². The van der Waals surface area contributed by atoms with E-state index >= 15 is 0 Å². The third-order valence-corrected chi connectivity index (χ3v) is 5.60. The van der Waals surface area contributed by atoms with E-state index in [9.17, 15) is 9.18 Å². The second-order valence-electron chi connectivity index (χ2n) is 6.64. The number of aromatic nitrogens is 3. The molecule has 3 aromatic rings. The van der Waals surface area contributed by atoms with Gasteiger partial charge < -0.3 is 14.6 Å². The number of carbonyl (C=O) groups excluding carboxylic acids is 1. The van der Waals surface area contributed by atoms with Crippen molar-refractivity contribution in [2.75, 3.05) is 17.7 Å². The van der Waals surface area contributed by atoms with Gasteiger partial charge in [-0.1, -0.05) is 35.5 Å². The minimum absolute atomic E-state index is 0.110. The van der Waals surface area contributed by atoms with Crippen LogP contribution in [0, 0.1) is 12.7 Å². The standard InChI is InChI=1S/C21H22ClFN4O2S/c1-14-12-15(22)9-10-18(14)29-11-5-8-19-25-26-21(27(19)2)30-13-20(28)24-17-7-4-3-6-16(17)23/h3-4,6-7,9-10,12H,5,8,11,13H2,1-2H3,(H,24,28). The summed E-state index contributed by atoms with van der Waals surface area (Å²) < 4.78 is 21.3. The number of nitrogens with zero attached hydrogens (tertiary/aromatic N) is 3. The van der Waals surface area contributed by atoms with E-state index in [4.69, 9.17) is 16.3 Å². The lowest BCUT2D eigenvalue weighted by atomic mass is 10.2. The average molecular weight is 449 g/mol. The molecule has 0 aliphatic carbocycles. The molecule has 0 unspecified atom stereocenters. The van der Waals surface area contributed by atoms with Crippen molar-refractivity contribution in [3.05, 3.63) is 64.7 Å². The van der Waals surface area contributed by atoms with Crippen molar-refractivity contribution >= 4 is 35.0 Å². The molecule has 0 bridgehead atoms. The summed E-state index contributed by atoms with van der Waals surface area (Å²) in [5.41, 5.74) is 1.16. The van der Waals surface area contributed by atoms with Crippen LogP contribution in [0.4, 0.5) is 10.1 Å². The maximum absolute atomic E-state index is 13.6. The number of hydrogen-bond donors (Lipinski definition) is 1. The second kappa shape index (κ2) is 10.4. The Morgan fingerprint density at radius 3 is 2.83 bits per heavy atom. The van der Waals surface area contributed by atoms with Gasteiger partial charge in [-0.05, 0) is 49.2 Å². The van der Waals surface area contributed by atoms with Crippen LogP contribution in [0.2, 0.25) is 5.02 Å². The largest absolute Gasteiger partial charge is 0.493 e. The molecule has 0 radical (unpaired) electrons. The van der Waals surface area contributed by atoms with E-state index in [-0.39, 0.29) is 17.3 Å². The molecule has 0 atom stereocenters. The first-order valence-electron chi connectivity index (χ1n) is 9.38. The first kappa shape index (κ1) is 22.1. The summed E-state index contributed by atoms with van der Waals surface area (Å²) in [6, 6.07) is 11.6. The zero-order chi connectivity index (χ0) is 21.5. The molecule has 6 nitrogen and oxygen atoms in total. The van der Waals surface area contributed by atoms with E-state index in [2.05, 4.69) is 15.5 Å². The summed E-state index contributed by atoms with van der Waals surface area (Å²) >= 11 is 7.20. The lowest BCUT2D eigenvalue weighted by Gasteiger charge is -2.09. The van der Waals surface area contributed by atoms with E-state index in [1.165, 1.54) is 23.9 Å². The third-order valence-electron chi connectivity index (χ3n) is 4.34. The number of ether oxygens (including phenoxy) is 1. The van der Waals surface area contributed by atoms with Crippen LogP contribution in [0.1, 0.15) is 17.8 Å². The molecule has 3 rings (SSSR count). The minimum Gasteiger partial charge on any atom is -0.493 e. The molecule has 0 saturated carbocycles. The molecule has 0 saturated heterocycles. The number of thioether (sulfide) groups is 1. The Morgan fingerprint density at radius 2 is 2.07 bits per heavy atom. The van der Waals surface area contributed by atoms with Crippen LogP contribution in [-0.4, -0.2) is 33.0 Å². The summed E-state index contributed by atoms with van der Waals surface area (Å²) in [4.78, 5) is 12.1. The quantitative estimate of drug-likeness (QED) is 0.381. The van der Waals surface area contributed by atoms with Crippen molar-refractivity contribution in [3.63, 3.8) is 0 Å². The summed E-state index contributed by atoms with van der Waals surface area (Å²) in [6.07, 6.45) is 1.46. The van der Waals surface area contributed by atoms with Crippen LogP contribution < -0.4 is 10.1 Å². The van der Waals surface area contributed by atoms with Crippen LogP contribution in [-0.2, 0) is 18.3 Å². The highest BCUT2D eigenvalue weighted by molar-refractivity contribution is 7.99. The van der Waals surface area contributed by atoms with Gasteiger partial charge in [-0.2, -0.15) is 0 Å². The molecule has 1 amide bonds. The Kier molecular flexibility index (Phi) is 7.70. The molecule has 158 valence electrons. The molecule has 1 N–H and O–H groups in total. The van der Waals surface area contributed by atoms with Gasteiger partial charge >= 0.3 is 0 Å². The molecule has 0 aliphatic heterocycles. The number of amides is 1. The van der Waals surface area contributed by atoms with Crippen molar-refractivity contribution in [3.8, 4) is 5.75 Å². The maximum Gasteiger partial charge on any atom is 0.234 e. The predicted molar refractivity (Wildman–Crippen MR) is 117 cm³/mol. The van der Waals surface area contributed by atoms with Gasteiger partial charge in [-0.15, -0.1) is 10.2 Å². The fourth-order valence-electron chi connectivity index (χ4n) is 2.75. The number of rotatable bonds is 9. The fraction of sp³-hybridized carbons (Fsp3) is 0.286. The molecule has 0 spiro atoms. The van der Waals surface area contributed by atoms with Gasteiger partial charge in [0, 0.05) is 18.5 Å². The Hall–Kier alpha value is -2.58. The molecule has 1 heterocycles. The lowest BCUT2D eigenvalue weighted by Crippen LogP contribution is -2.15. The van der Waals surface area contributed by atoms with Gasteiger partial charge in [0.15, 0.2) is 5.16 Å². The Morgan fingerprint density at radius 1 is 1.27 bits per heavy atom. The van der Waals surface area contributed by atoms with E-state index < -0.39 is 5.82 Å². The molecular weight excluding hydrogens is 427 g/mol. The van der Waals surface area contributed by atoms with Crippen molar-refractivity contribution in [2.45, 2.75) is 24.9 Å². The molecule has 30 heavy (non-hydrogen) atoms. The highest BCUT2D eigenvalue weighted by Gasteiger charge is 2.12. The van der Waals surface area contributed by atoms with Crippen LogP contribution in [0.25, 0.3) is 0 Å². The number of aryl methyl sites for hydroxylation is 2. The summed E-state index contributed by atoms with van der Waals surface area (Å²) in [7, 11) is 1.86. The van der Waals surface area contributed by atoms with E-state index in [0.29, 0.717) is 23.2 Å². The first-order chi connectivity index (χ1) is 14.4. The average Bonchev–Trinajstić information content (AvgIpc) is 3.06. The van der Waals surface area contributed by atoms with Crippen LogP contribution in [0.3, 0.4) is 0 Å². The maximum atomic E-state index is 13.6. The topological polar surface area (TPSA) is 69.0 Å². The highest BCUT2D eigenvalue weighted by atomic mass is 35.5. The van der Waals surface area contributed by atoms with Gasteiger partial charge in [0.05, 0.1) is 18.0 Å². The van der Waals surface area contributed by atoms with Crippen molar-refractivity contribution in [1.29, 1.82) is 0 Å². The van der Waals surface area contributed by atoms with Gasteiger partial charge in [-0.3, -0.25) is 4.79 Å². The Balaban J connectivity index is 1.45. The number of carbonyl (C=O) groups is 1. The summed E-state index contributed by atoms with van der Waals surface area (Å²) in [5.74, 6) is 0.964. The molecular formula is C21H22ClFN4O2S. The molecule has 2 aromatic carbocycles. The number of nitrogens with one attached hydrogen (secondary N) is 1. The SMILES string of the molecule is Cc1cc(Cl)ccc1OCCCc1nnc(SCC(=O)Nc2ccccc2F)n1C. The summed E-state index contributed by atoms with van der Waals surface area (Å²) in [5, 5.41) is 12.2. The predicted octanol–water partition coefficient (Wildman–Crippen LogP) is 4.66. The number of anilines is 1. The van der Waals surface area contributed by atoms with Gasteiger partial charge in [0.1, 0.15) is 17.4 Å². The molecule has 0 fully saturated rings. The minimum atomic E-state index is -0.465. The van der Waals surface area contributed by atoms with Crippen molar-refractivity contribution in [2.24, 2.45) is 7.05 Å². The lowest BCUT2D eigenvalue weighted by molar-refractivity contribution is -0.113. The monoisotopic (exact) mass is 448 g/mol.